The van der Waals surface area contributed by atoms with Crippen LogP contribution in [0.15, 0.2) is 69.9 Å². The van der Waals surface area contributed by atoms with Crippen molar-refractivity contribution in [3.05, 3.63) is 75.4 Å². The maximum atomic E-state index is 4.23. The lowest BCUT2D eigenvalue weighted by Crippen LogP contribution is -1.99. The average molecular weight is 416 g/mol. The summed E-state index contributed by atoms with van der Waals surface area (Å²) >= 11 is 7.16. The summed E-state index contributed by atoms with van der Waals surface area (Å²) in [6.45, 7) is 0.817. The number of halogens is 2. The van der Waals surface area contributed by atoms with Gasteiger partial charge in [0, 0.05) is 49.7 Å². The molecule has 4 rings (SSSR count). The molecule has 2 aromatic carbocycles. The smallest absolute Gasteiger partial charge is 0.0497 e. The third-order valence-corrected chi connectivity index (χ3v) is 4.84. The molecule has 0 bridgehead atoms. The number of rotatable bonds is 2. The standard InChI is InChI=1S/C18H12Br2N2/c19-13-3-5-17-15(8-13)16-9-14(20)4-6-18(16)22(17)11-12-2-1-7-21-10-12/h1-10H,11H2. The highest BCUT2D eigenvalue weighted by molar-refractivity contribution is 9.10. The lowest BCUT2D eigenvalue weighted by Gasteiger charge is -2.07. The first-order chi connectivity index (χ1) is 10.7. The third-order valence-electron chi connectivity index (χ3n) is 3.85. The topological polar surface area (TPSA) is 17.8 Å². The highest BCUT2D eigenvalue weighted by Crippen LogP contribution is 2.33. The van der Waals surface area contributed by atoms with E-state index >= 15 is 0 Å². The van der Waals surface area contributed by atoms with Crippen LogP contribution in [0, 0.1) is 0 Å². The molecule has 2 nitrogen and oxygen atoms in total. The van der Waals surface area contributed by atoms with Crippen LogP contribution in [0.3, 0.4) is 0 Å². The fraction of sp³-hybridized carbons (Fsp3) is 0.0556. The van der Waals surface area contributed by atoms with E-state index < -0.39 is 0 Å². The van der Waals surface area contributed by atoms with Crippen molar-refractivity contribution in [3.8, 4) is 0 Å². The molecule has 0 aliphatic rings. The predicted octanol–water partition coefficient (Wildman–Crippen LogP) is 5.76. The first kappa shape index (κ1) is 14.0. The van der Waals surface area contributed by atoms with Gasteiger partial charge >= 0.3 is 0 Å². The predicted molar refractivity (Wildman–Crippen MR) is 98.2 cm³/mol. The Morgan fingerprint density at radius 1 is 0.864 bits per heavy atom. The van der Waals surface area contributed by atoms with Gasteiger partial charge in [0.1, 0.15) is 0 Å². The zero-order valence-electron chi connectivity index (χ0n) is 11.6. The summed E-state index contributed by atoms with van der Waals surface area (Å²) in [5.74, 6) is 0. The monoisotopic (exact) mass is 414 g/mol. The van der Waals surface area contributed by atoms with Crippen molar-refractivity contribution in [1.29, 1.82) is 0 Å². The van der Waals surface area contributed by atoms with E-state index in [0.717, 1.165) is 15.5 Å². The molecule has 0 aliphatic carbocycles. The van der Waals surface area contributed by atoms with Gasteiger partial charge in [-0.25, -0.2) is 0 Å². The highest BCUT2D eigenvalue weighted by Gasteiger charge is 2.11. The van der Waals surface area contributed by atoms with Crippen molar-refractivity contribution >= 4 is 53.7 Å². The molecule has 22 heavy (non-hydrogen) atoms. The quantitative estimate of drug-likeness (QED) is 0.406. The Hall–Kier alpha value is -1.65. The van der Waals surface area contributed by atoms with Crippen LogP contribution in [0.2, 0.25) is 0 Å². The summed E-state index contributed by atoms with van der Waals surface area (Å²) in [7, 11) is 0. The van der Waals surface area contributed by atoms with E-state index in [1.807, 2.05) is 18.5 Å². The van der Waals surface area contributed by atoms with Gasteiger partial charge in [-0.3, -0.25) is 4.98 Å². The molecule has 0 aliphatic heterocycles. The van der Waals surface area contributed by atoms with Crippen LogP contribution in [0.25, 0.3) is 21.8 Å². The SMILES string of the molecule is Brc1ccc2c(c1)c1cc(Br)ccc1n2Cc1cccnc1. The molecule has 4 aromatic rings. The molecule has 0 saturated carbocycles. The van der Waals surface area contributed by atoms with Crippen LogP contribution in [0.1, 0.15) is 5.56 Å². The average Bonchev–Trinajstić information content (AvgIpc) is 2.81. The van der Waals surface area contributed by atoms with E-state index in [2.05, 4.69) is 83.9 Å². The van der Waals surface area contributed by atoms with Crippen LogP contribution in [0.5, 0.6) is 0 Å². The number of fused-ring (bicyclic) bond motifs is 3. The number of hydrogen-bond acceptors (Lipinski definition) is 1. The molecule has 0 unspecified atom stereocenters. The van der Waals surface area contributed by atoms with E-state index in [4.69, 9.17) is 0 Å². The van der Waals surface area contributed by atoms with Crippen molar-refractivity contribution in [2.24, 2.45) is 0 Å². The van der Waals surface area contributed by atoms with Crippen LogP contribution < -0.4 is 0 Å². The minimum absolute atomic E-state index is 0.817. The minimum Gasteiger partial charge on any atom is -0.336 e. The summed E-state index contributed by atoms with van der Waals surface area (Å²) in [4.78, 5) is 4.23. The Kier molecular flexibility index (Phi) is 3.51. The number of aromatic nitrogens is 2. The fourth-order valence-electron chi connectivity index (χ4n) is 2.89. The van der Waals surface area contributed by atoms with Crippen molar-refractivity contribution in [2.45, 2.75) is 6.54 Å². The molecule has 4 heteroatoms. The number of nitrogens with zero attached hydrogens (tertiary/aromatic N) is 2. The largest absolute Gasteiger partial charge is 0.336 e. The second kappa shape index (κ2) is 5.52. The lowest BCUT2D eigenvalue weighted by atomic mass is 10.2. The molecular formula is C18H12Br2N2. The molecule has 0 spiro atoms. The molecule has 2 heterocycles. The van der Waals surface area contributed by atoms with Gasteiger partial charge in [0.2, 0.25) is 0 Å². The van der Waals surface area contributed by atoms with Gasteiger partial charge in [0.05, 0.1) is 0 Å². The minimum atomic E-state index is 0.817. The Balaban J connectivity index is 2.02. The van der Waals surface area contributed by atoms with E-state index in [9.17, 15) is 0 Å². The van der Waals surface area contributed by atoms with E-state index in [-0.39, 0.29) is 0 Å². The van der Waals surface area contributed by atoms with Crippen LogP contribution >= 0.6 is 31.9 Å². The Bertz CT molecular complexity index is 915. The van der Waals surface area contributed by atoms with Crippen LogP contribution in [-0.4, -0.2) is 9.55 Å². The molecule has 0 saturated heterocycles. The van der Waals surface area contributed by atoms with E-state index in [1.54, 1.807) is 0 Å². The molecule has 108 valence electrons. The summed E-state index contributed by atoms with van der Waals surface area (Å²) in [5, 5.41) is 2.52. The first-order valence-corrected chi connectivity index (χ1v) is 8.57. The van der Waals surface area contributed by atoms with Crippen molar-refractivity contribution in [1.82, 2.24) is 9.55 Å². The lowest BCUT2D eigenvalue weighted by molar-refractivity contribution is 0.862. The van der Waals surface area contributed by atoms with Gasteiger partial charge < -0.3 is 4.57 Å². The van der Waals surface area contributed by atoms with Crippen molar-refractivity contribution in [3.63, 3.8) is 0 Å². The fourth-order valence-corrected chi connectivity index (χ4v) is 3.62. The summed E-state index contributed by atoms with van der Waals surface area (Å²) in [6, 6.07) is 17.0. The van der Waals surface area contributed by atoms with Gasteiger partial charge in [-0.15, -0.1) is 0 Å². The summed E-state index contributed by atoms with van der Waals surface area (Å²) in [6.07, 6.45) is 3.74. The van der Waals surface area contributed by atoms with Gasteiger partial charge in [0.25, 0.3) is 0 Å². The van der Waals surface area contributed by atoms with Gasteiger partial charge in [-0.2, -0.15) is 0 Å². The van der Waals surface area contributed by atoms with Crippen LogP contribution in [0.4, 0.5) is 0 Å². The Labute approximate surface area is 145 Å². The molecule has 2 aromatic heterocycles. The zero-order chi connectivity index (χ0) is 15.1. The summed E-state index contributed by atoms with van der Waals surface area (Å²) < 4.78 is 4.54. The van der Waals surface area contributed by atoms with Gasteiger partial charge in [-0.1, -0.05) is 37.9 Å². The maximum Gasteiger partial charge on any atom is 0.0497 e. The second-order valence-corrected chi connectivity index (χ2v) is 7.10. The normalized spacial score (nSPS) is 11.4. The van der Waals surface area contributed by atoms with Gasteiger partial charge in [-0.05, 0) is 48.0 Å². The Morgan fingerprint density at radius 3 is 2.05 bits per heavy atom. The van der Waals surface area contributed by atoms with E-state index in [0.29, 0.717) is 0 Å². The number of pyridine rings is 1. The van der Waals surface area contributed by atoms with Gasteiger partial charge in [0.15, 0.2) is 0 Å². The zero-order valence-corrected chi connectivity index (χ0v) is 14.8. The molecule has 0 amide bonds. The van der Waals surface area contributed by atoms with Crippen molar-refractivity contribution < 1.29 is 0 Å². The van der Waals surface area contributed by atoms with Crippen molar-refractivity contribution in [2.75, 3.05) is 0 Å². The van der Waals surface area contributed by atoms with Crippen LogP contribution in [-0.2, 0) is 6.54 Å². The Morgan fingerprint density at radius 2 is 1.50 bits per heavy atom. The summed E-state index contributed by atoms with van der Waals surface area (Å²) in [5.41, 5.74) is 3.67. The second-order valence-electron chi connectivity index (χ2n) is 5.27. The molecule has 0 N–H and O–H groups in total. The molecule has 0 atom stereocenters. The molecule has 0 radical (unpaired) electrons. The third kappa shape index (κ3) is 2.36. The highest BCUT2D eigenvalue weighted by atomic mass is 79.9. The van der Waals surface area contributed by atoms with E-state index in [1.165, 1.54) is 27.4 Å². The number of benzene rings is 2. The maximum absolute atomic E-state index is 4.23. The molecular weight excluding hydrogens is 404 g/mol. The molecule has 0 fully saturated rings. The first-order valence-electron chi connectivity index (χ1n) is 6.98. The number of hydrogen-bond donors (Lipinski definition) is 0.